The van der Waals surface area contributed by atoms with Gasteiger partial charge in [0.2, 0.25) is 0 Å². The molecule has 164 valence electrons. The van der Waals surface area contributed by atoms with E-state index in [0.29, 0.717) is 13.1 Å². The van der Waals surface area contributed by atoms with Crippen LogP contribution in [0.2, 0.25) is 0 Å². The topological polar surface area (TPSA) is 210 Å². The maximum absolute atomic E-state index is 8.25. The Morgan fingerprint density at radius 1 is 0.714 bits per heavy atom. The van der Waals surface area contributed by atoms with Gasteiger partial charge in [0.05, 0.1) is 10.2 Å². The summed E-state index contributed by atoms with van der Waals surface area (Å²) in [5.74, 6) is 0. The molecule has 0 fully saturated rings. The second kappa shape index (κ2) is 25.1. The van der Waals surface area contributed by atoms with Crippen LogP contribution in [0.4, 0.5) is 0 Å². The molecule has 0 spiro atoms. The minimum Gasteiger partial charge on any atom is -0.356 e. The van der Waals surface area contributed by atoms with Crippen LogP contribution >= 0.6 is 0 Å². The van der Waals surface area contributed by atoms with Gasteiger partial charge in [0.1, 0.15) is 0 Å². The van der Waals surface area contributed by atoms with Crippen molar-refractivity contribution in [3.63, 3.8) is 0 Å². The van der Waals surface area contributed by atoms with Gasteiger partial charge in [0, 0.05) is 36.6 Å². The van der Waals surface area contributed by atoms with E-state index in [1.54, 1.807) is 12.4 Å². The van der Waals surface area contributed by atoms with Crippen LogP contribution in [0.3, 0.4) is 0 Å². The van der Waals surface area contributed by atoms with Crippen LogP contribution in [-0.2, 0) is 57.6 Å². The summed E-state index contributed by atoms with van der Waals surface area (Å²) in [7, 11) is 0. The SMILES string of the molecule is NCCc1ccccn1.NCCc1ccccn1.O=[N+]([O-])[O-].O=[N+]([O-])[O-].[Ag+].[Ag+]. The van der Waals surface area contributed by atoms with E-state index in [4.69, 9.17) is 42.1 Å². The predicted molar refractivity (Wildman–Crippen MR) is 94.7 cm³/mol. The summed E-state index contributed by atoms with van der Waals surface area (Å²) in [6.45, 7) is 1.36. The van der Waals surface area contributed by atoms with Gasteiger partial charge in [-0.05, 0) is 37.4 Å². The molecule has 0 aliphatic rings. The first-order valence-corrected chi connectivity index (χ1v) is 7.16. The van der Waals surface area contributed by atoms with E-state index in [2.05, 4.69) is 9.97 Å². The first-order chi connectivity index (χ1) is 12.3. The summed E-state index contributed by atoms with van der Waals surface area (Å²) in [5, 5.41) is 29.5. The third-order valence-corrected chi connectivity index (χ3v) is 2.25. The van der Waals surface area contributed by atoms with E-state index in [0.717, 1.165) is 24.2 Å². The first kappa shape index (κ1) is 33.7. The van der Waals surface area contributed by atoms with Crippen LogP contribution in [0, 0.1) is 30.6 Å². The molecule has 2 aromatic rings. The average molecular weight is 584 g/mol. The predicted octanol–water partition coefficient (Wildman–Crippen LogP) is 0.682. The molecule has 2 rings (SSSR count). The van der Waals surface area contributed by atoms with Crippen LogP contribution in [0.1, 0.15) is 11.4 Å². The zero-order valence-electron chi connectivity index (χ0n) is 14.4. The summed E-state index contributed by atoms with van der Waals surface area (Å²) >= 11 is 0. The van der Waals surface area contributed by atoms with Crippen molar-refractivity contribution in [1.29, 1.82) is 0 Å². The second-order valence-electron chi connectivity index (χ2n) is 4.17. The Hall–Kier alpha value is -1.90. The van der Waals surface area contributed by atoms with Crippen LogP contribution in [0.25, 0.3) is 0 Å². The van der Waals surface area contributed by atoms with Crippen molar-refractivity contribution in [2.45, 2.75) is 12.8 Å². The molecule has 12 nitrogen and oxygen atoms in total. The molecule has 2 heterocycles. The van der Waals surface area contributed by atoms with E-state index >= 15 is 0 Å². The summed E-state index contributed by atoms with van der Waals surface area (Å²) < 4.78 is 0. The van der Waals surface area contributed by atoms with E-state index in [-0.39, 0.29) is 44.8 Å². The van der Waals surface area contributed by atoms with Gasteiger partial charge >= 0.3 is 44.8 Å². The van der Waals surface area contributed by atoms with Crippen molar-refractivity contribution in [1.82, 2.24) is 9.97 Å². The fourth-order valence-corrected chi connectivity index (χ4v) is 1.39. The van der Waals surface area contributed by atoms with Crippen molar-refractivity contribution in [2.75, 3.05) is 13.1 Å². The van der Waals surface area contributed by atoms with Gasteiger partial charge in [-0.25, -0.2) is 0 Å². The largest absolute Gasteiger partial charge is 1.00 e. The van der Waals surface area contributed by atoms with Crippen molar-refractivity contribution in [3.05, 3.63) is 90.8 Å². The molecule has 2 aromatic heterocycles. The zero-order chi connectivity index (χ0) is 20.2. The van der Waals surface area contributed by atoms with Crippen LogP contribution in [0.15, 0.2) is 48.8 Å². The number of nitrogens with two attached hydrogens (primary N) is 2. The Morgan fingerprint density at radius 3 is 1.18 bits per heavy atom. The second-order valence-corrected chi connectivity index (χ2v) is 4.17. The Labute approximate surface area is 192 Å². The van der Waals surface area contributed by atoms with Gasteiger partial charge in [-0.3, -0.25) is 9.97 Å². The van der Waals surface area contributed by atoms with Gasteiger partial charge in [-0.15, -0.1) is 0 Å². The van der Waals surface area contributed by atoms with Crippen LogP contribution in [0.5, 0.6) is 0 Å². The summed E-state index contributed by atoms with van der Waals surface area (Å²) in [5.41, 5.74) is 12.8. The molecule has 0 aromatic carbocycles. The third-order valence-electron chi connectivity index (χ3n) is 2.25. The molecule has 0 saturated heterocycles. The summed E-state index contributed by atoms with van der Waals surface area (Å²) in [6.07, 6.45) is 5.32. The molecule has 0 bridgehead atoms. The smallest absolute Gasteiger partial charge is 0.356 e. The van der Waals surface area contributed by atoms with Crippen LogP contribution < -0.4 is 11.5 Å². The fraction of sp³-hybridized carbons (Fsp3) is 0.286. The third kappa shape index (κ3) is 31.8. The van der Waals surface area contributed by atoms with Crippen molar-refractivity contribution >= 4 is 0 Å². The molecular formula is C14H20Ag2N6O6. The number of pyridine rings is 2. The van der Waals surface area contributed by atoms with Gasteiger partial charge in [0.15, 0.2) is 0 Å². The van der Waals surface area contributed by atoms with E-state index < -0.39 is 10.2 Å². The van der Waals surface area contributed by atoms with Gasteiger partial charge in [-0.1, -0.05) is 12.1 Å². The minimum absolute atomic E-state index is 0. The average Bonchev–Trinajstić information content (AvgIpc) is 2.57. The molecule has 28 heavy (non-hydrogen) atoms. The Kier molecular flexibility index (Phi) is 30.2. The molecule has 0 saturated carbocycles. The Balaban J connectivity index is -0.000000144. The number of hydrogen-bond donors (Lipinski definition) is 2. The molecule has 14 heteroatoms. The van der Waals surface area contributed by atoms with Crippen molar-refractivity contribution < 1.29 is 54.9 Å². The first-order valence-electron chi connectivity index (χ1n) is 7.16. The zero-order valence-corrected chi connectivity index (χ0v) is 17.4. The standard InChI is InChI=1S/2C7H10N2.2Ag.2NO3/c2*8-5-4-7-3-1-2-6-9-7;;;2*2-1(3)4/h2*1-3,6H,4-5,8H2;;;;/q;;2*+1;2*-1. The molecule has 0 amide bonds. The summed E-state index contributed by atoms with van der Waals surface area (Å²) in [4.78, 5) is 24.7. The number of rotatable bonds is 4. The van der Waals surface area contributed by atoms with Gasteiger partial charge in [-0.2, -0.15) is 0 Å². The van der Waals surface area contributed by atoms with Gasteiger partial charge < -0.3 is 42.1 Å². The molecular weight excluding hydrogens is 564 g/mol. The monoisotopic (exact) mass is 582 g/mol. The maximum atomic E-state index is 8.25. The Morgan fingerprint density at radius 2 is 1.00 bits per heavy atom. The van der Waals surface area contributed by atoms with Gasteiger partial charge in [0.25, 0.3) is 0 Å². The van der Waals surface area contributed by atoms with Crippen molar-refractivity contribution in [3.8, 4) is 0 Å². The fourth-order valence-electron chi connectivity index (χ4n) is 1.39. The maximum Gasteiger partial charge on any atom is 1.00 e. The Bertz CT molecular complexity index is 536. The minimum atomic E-state index is -1.75. The molecule has 0 aliphatic heterocycles. The quantitative estimate of drug-likeness (QED) is 0.292. The molecule has 0 radical (unpaired) electrons. The normalized spacial score (nSPS) is 7.79. The van der Waals surface area contributed by atoms with E-state index in [1.165, 1.54) is 0 Å². The number of aromatic nitrogens is 2. The molecule has 4 N–H and O–H groups in total. The van der Waals surface area contributed by atoms with E-state index in [9.17, 15) is 0 Å². The number of hydrogen-bond acceptors (Lipinski definition) is 10. The molecule has 0 aliphatic carbocycles. The molecule has 0 unspecified atom stereocenters. The number of nitrogens with zero attached hydrogens (tertiary/aromatic N) is 4. The van der Waals surface area contributed by atoms with Crippen LogP contribution in [-0.4, -0.2) is 33.2 Å². The molecule has 0 atom stereocenters. The van der Waals surface area contributed by atoms with E-state index in [1.807, 2.05) is 36.4 Å². The van der Waals surface area contributed by atoms with Crippen molar-refractivity contribution in [2.24, 2.45) is 11.5 Å². The summed E-state index contributed by atoms with van der Waals surface area (Å²) in [6, 6.07) is 11.7.